The lowest BCUT2D eigenvalue weighted by molar-refractivity contribution is -0.122. The van der Waals surface area contributed by atoms with Crippen LogP contribution < -0.4 is 5.32 Å². The minimum atomic E-state index is -0.0409. The van der Waals surface area contributed by atoms with Crippen molar-refractivity contribution in [3.05, 3.63) is 35.5 Å². The van der Waals surface area contributed by atoms with E-state index >= 15 is 0 Å². The van der Waals surface area contributed by atoms with Crippen molar-refractivity contribution in [1.29, 1.82) is 0 Å². The van der Waals surface area contributed by atoms with Crippen molar-refractivity contribution in [2.45, 2.75) is 18.2 Å². The van der Waals surface area contributed by atoms with Crippen molar-refractivity contribution in [3.63, 3.8) is 0 Å². The van der Waals surface area contributed by atoms with Crippen LogP contribution in [0.2, 0.25) is 0 Å². The second kappa shape index (κ2) is 6.21. The summed E-state index contributed by atoms with van der Waals surface area (Å²) in [5.41, 5.74) is 1.55. The van der Waals surface area contributed by atoms with Crippen LogP contribution in [-0.2, 0) is 4.79 Å². The standard InChI is InChI=1S/C14H16N2OS2/c1-3-8-16-13(17)12(15-14(16)18)9-10-4-6-11(19-2)7-5-10/h4-7,9H,3,8H2,1-2H3,(H,15,18). The van der Waals surface area contributed by atoms with Crippen LogP contribution in [0.5, 0.6) is 0 Å². The van der Waals surface area contributed by atoms with E-state index in [1.54, 1.807) is 16.7 Å². The van der Waals surface area contributed by atoms with E-state index in [0.717, 1.165) is 12.0 Å². The number of amides is 1. The lowest BCUT2D eigenvalue weighted by Gasteiger charge is -2.11. The molecule has 1 saturated heterocycles. The molecule has 5 heteroatoms. The molecule has 0 saturated carbocycles. The molecule has 19 heavy (non-hydrogen) atoms. The fourth-order valence-corrected chi connectivity index (χ4v) is 2.56. The summed E-state index contributed by atoms with van der Waals surface area (Å²) in [5.74, 6) is -0.0409. The second-order valence-electron chi connectivity index (χ2n) is 4.22. The molecule has 0 aromatic heterocycles. The summed E-state index contributed by atoms with van der Waals surface area (Å²) in [6.45, 7) is 2.69. The molecule has 1 fully saturated rings. The Morgan fingerprint density at radius 3 is 2.63 bits per heavy atom. The molecular weight excluding hydrogens is 276 g/mol. The van der Waals surface area contributed by atoms with E-state index in [-0.39, 0.29) is 5.91 Å². The fraction of sp³-hybridized carbons (Fsp3) is 0.286. The first kappa shape index (κ1) is 14.1. The van der Waals surface area contributed by atoms with Crippen LogP contribution in [0, 0.1) is 0 Å². The Morgan fingerprint density at radius 2 is 2.05 bits per heavy atom. The minimum absolute atomic E-state index is 0.0409. The first-order chi connectivity index (χ1) is 9.15. The number of thioether (sulfide) groups is 1. The van der Waals surface area contributed by atoms with Crippen LogP contribution in [0.15, 0.2) is 34.9 Å². The molecule has 100 valence electrons. The van der Waals surface area contributed by atoms with E-state index < -0.39 is 0 Å². The van der Waals surface area contributed by atoms with Gasteiger partial charge in [-0.25, -0.2) is 0 Å². The zero-order valence-corrected chi connectivity index (χ0v) is 12.6. The van der Waals surface area contributed by atoms with Crippen LogP contribution in [-0.4, -0.2) is 28.7 Å². The van der Waals surface area contributed by atoms with Crippen LogP contribution in [0.25, 0.3) is 6.08 Å². The molecule has 1 aromatic rings. The highest BCUT2D eigenvalue weighted by atomic mass is 32.2. The number of benzene rings is 1. The van der Waals surface area contributed by atoms with Gasteiger partial charge in [0.05, 0.1) is 0 Å². The van der Waals surface area contributed by atoms with E-state index in [0.29, 0.717) is 17.4 Å². The molecule has 0 bridgehead atoms. The van der Waals surface area contributed by atoms with Gasteiger partial charge in [-0.15, -0.1) is 11.8 Å². The zero-order valence-electron chi connectivity index (χ0n) is 11.0. The van der Waals surface area contributed by atoms with Gasteiger partial charge < -0.3 is 5.32 Å². The van der Waals surface area contributed by atoms with E-state index in [2.05, 4.69) is 5.32 Å². The van der Waals surface area contributed by atoms with E-state index in [1.807, 2.05) is 43.5 Å². The maximum Gasteiger partial charge on any atom is 0.276 e. The highest BCUT2D eigenvalue weighted by Gasteiger charge is 2.29. The molecule has 2 rings (SSSR count). The third-order valence-electron chi connectivity index (χ3n) is 2.84. The molecule has 1 aliphatic heterocycles. The smallest absolute Gasteiger partial charge is 0.276 e. The third kappa shape index (κ3) is 3.16. The van der Waals surface area contributed by atoms with Crippen LogP contribution in [0.4, 0.5) is 0 Å². The number of thiocarbonyl (C=S) groups is 1. The molecule has 0 spiro atoms. The predicted molar refractivity (Wildman–Crippen MR) is 83.9 cm³/mol. The Labute approximate surface area is 123 Å². The number of hydrogen-bond donors (Lipinski definition) is 1. The maximum absolute atomic E-state index is 12.1. The van der Waals surface area contributed by atoms with Crippen molar-refractivity contribution in [2.75, 3.05) is 12.8 Å². The Balaban J connectivity index is 2.19. The van der Waals surface area contributed by atoms with Crippen LogP contribution in [0.3, 0.4) is 0 Å². The predicted octanol–water partition coefficient (Wildman–Crippen LogP) is 2.88. The molecule has 0 aliphatic carbocycles. The Hall–Kier alpha value is -1.33. The summed E-state index contributed by atoms with van der Waals surface area (Å²) in [4.78, 5) is 15.0. The van der Waals surface area contributed by atoms with E-state index in [9.17, 15) is 4.79 Å². The lowest BCUT2D eigenvalue weighted by atomic mass is 10.2. The van der Waals surface area contributed by atoms with Crippen molar-refractivity contribution >= 4 is 41.1 Å². The molecule has 3 nitrogen and oxygen atoms in total. The molecule has 1 amide bonds. The van der Waals surface area contributed by atoms with Crippen molar-refractivity contribution in [3.8, 4) is 0 Å². The zero-order chi connectivity index (χ0) is 13.8. The Morgan fingerprint density at radius 1 is 1.37 bits per heavy atom. The maximum atomic E-state index is 12.1. The molecule has 0 radical (unpaired) electrons. The molecule has 1 aliphatic rings. The van der Waals surface area contributed by atoms with Gasteiger partial charge in [0.15, 0.2) is 5.11 Å². The first-order valence-corrected chi connectivity index (χ1v) is 7.77. The quantitative estimate of drug-likeness (QED) is 0.525. The SMILES string of the molecule is CCCN1C(=O)C(=Cc2ccc(SC)cc2)NC1=S. The van der Waals surface area contributed by atoms with Gasteiger partial charge in [-0.1, -0.05) is 19.1 Å². The monoisotopic (exact) mass is 292 g/mol. The minimum Gasteiger partial charge on any atom is -0.328 e. The third-order valence-corrected chi connectivity index (χ3v) is 3.90. The van der Waals surface area contributed by atoms with Gasteiger partial charge in [0.2, 0.25) is 0 Å². The van der Waals surface area contributed by atoms with Gasteiger partial charge in [0.25, 0.3) is 5.91 Å². The van der Waals surface area contributed by atoms with Crippen molar-refractivity contribution < 1.29 is 4.79 Å². The summed E-state index contributed by atoms with van der Waals surface area (Å²) in [6.07, 6.45) is 4.77. The van der Waals surface area contributed by atoms with Gasteiger partial charge in [0.1, 0.15) is 5.70 Å². The average Bonchev–Trinajstić information content (AvgIpc) is 2.68. The first-order valence-electron chi connectivity index (χ1n) is 6.14. The van der Waals surface area contributed by atoms with Crippen LogP contribution in [0.1, 0.15) is 18.9 Å². The highest BCUT2D eigenvalue weighted by Crippen LogP contribution is 2.18. The number of rotatable bonds is 4. The second-order valence-corrected chi connectivity index (χ2v) is 5.48. The molecule has 0 atom stereocenters. The molecule has 1 N–H and O–H groups in total. The normalized spacial score (nSPS) is 17.2. The number of nitrogens with zero attached hydrogens (tertiary/aromatic N) is 1. The largest absolute Gasteiger partial charge is 0.328 e. The molecular formula is C14H16N2OS2. The number of hydrogen-bond acceptors (Lipinski definition) is 3. The summed E-state index contributed by atoms with van der Waals surface area (Å²) in [7, 11) is 0. The van der Waals surface area contributed by atoms with Crippen LogP contribution >= 0.6 is 24.0 Å². The molecule has 0 unspecified atom stereocenters. The summed E-state index contributed by atoms with van der Waals surface area (Å²) < 4.78 is 0. The van der Waals surface area contributed by atoms with E-state index in [1.165, 1.54) is 4.90 Å². The Kier molecular flexibility index (Phi) is 4.61. The number of carbonyl (C=O) groups excluding carboxylic acids is 1. The van der Waals surface area contributed by atoms with Crippen molar-refractivity contribution in [2.24, 2.45) is 0 Å². The van der Waals surface area contributed by atoms with Gasteiger partial charge in [-0.3, -0.25) is 9.69 Å². The van der Waals surface area contributed by atoms with Crippen molar-refractivity contribution in [1.82, 2.24) is 10.2 Å². The van der Waals surface area contributed by atoms with Gasteiger partial charge >= 0.3 is 0 Å². The molecule has 1 heterocycles. The van der Waals surface area contributed by atoms with Gasteiger partial charge in [0, 0.05) is 11.4 Å². The average molecular weight is 292 g/mol. The number of nitrogens with one attached hydrogen (secondary N) is 1. The number of carbonyl (C=O) groups is 1. The van der Waals surface area contributed by atoms with Gasteiger partial charge in [-0.2, -0.15) is 0 Å². The topological polar surface area (TPSA) is 32.3 Å². The van der Waals surface area contributed by atoms with E-state index in [4.69, 9.17) is 12.2 Å². The summed E-state index contributed by atoms with van der Waals surface area (Å²) in [5, 5.41) is 3.48. The summed E-state index contributed by atoms with van der Waals surface area (Å²) >= 11 is 6.86. The fourth-order valence-electron chi connectivity index (χ4n) is 1.87. The lowest BCUT2D eigenvalue weighted by Crippen LogP contribution is -2.31. The Bertz CT molecular complexity index is 523. The van der Waals surface area contributed by atoms with Gasteiger partial charge in [-0.05, 0) is 48.7 Å². The highest BCUT2D eigenvalue weighted by molar-refractivity contribution is 7.98. The summed E-state index contributed by atoms with van der Waals surface area (Å²) in [6, 6.07) is 8.08. The molecule has 1 aromatic carbocycles.